The predicted molar refractivity (Wildman–Crippen MR) is 79.4 cm³/mol. The van der Waals surface area contributed by atoms with E-state index in [0.717, 1.165) is 5.56 Å². The van der Waals surface area contributed by atoms with E-state index in [4.69, 9.17) is 9.84 Å². The van der Waals surface area contributed by atoms with Crippen molar-refractivity contribution in [2.75, 3.05) is 26.3 Å². The smallest absolute Gasteiger partial charge is 0.259 e. The molecule has 1 aromatic rings. The lowest BCUT2D eigenvalue weighted by Gasteiger charge is -2.18. The molecule has 1 aliphatic rings. The maximum atomic E-state index is 14.2. The number of carbonyl (C=O) groups excluding carboxylic acids is 1. The van der Waals surface area contributed by atoms with Crippen molar-refractivity contribution in [1.82, 2.24) is 10.6 Å². The van der Waals surface area contributed by atoms with Gasteiger partial charge in [0.05, 0.1) is 6.61 Å². The summed E-state index contributed by atoms with van der Waals surface area (Å²) in [6.45, 7) is 0.871. The van der Waals surface area contributed by atoms with Crippen LogP contribution in [-0.4, -0.2) is 43.0 Å². The monoisotopic (exact) mass is 318 g/mol. The topological polar surface area (TPSA) is 70.6 Å². The van der Waals surface area contributed by atoms with Crippen LogP contribution in [0, 0.1) is 0 Å². The van der Waals surface area contributed by atoms with Crippen LogP contribution in [0.1, 0.15) is 12.0 Å². The number of amides is 1. The van der Waals surface area contributed by atoms with Gasteiger partial charge < -0.3 is 20.5 Å². The summed E-state index contributed by atoms with van der Waals surface area (Å²) >= 11 is 0. The van der Waals surface area contributed by atoms with Crippen molar-refractivity contribution < 1.29 is 19.0 Å². The first-order valence-corrected chi connectivity index (χ1v) is 6.65. The second kappa shape index (κ2) is 8.17. The third kappa shape index (κ3) is 4.56. The summed E-state index contributed by atoms with van der Waals surface area (Å²) in [5.74, 6) is -0.0150. The molecule has 0 saturated carbocycles. The molecule has 1 aliphatic heterocycles. The Bertz CT molecular complexity index is 467. The van der Waals surface area contributed by atoms with E-state index < -0.39 is 11.6 Å². The summed E-state index contributed by atoms with van der Waals surface area (Å²) in [4.78, 5) is 11.9. The van der Waals surface area contributed by atoms with Crippen LogP contribution in [0.2, 0.25) is 0 Å². The zero-order valence-corrected chi connectivity index (χ0v) is 12.4. The Morgan fingerprint density at radius 3 is 2.90 bits per heavy atom. The van der Waals surface area contributed by atoms with Gasteiger partial charge in [-0.05, 0) is 12.6 Å². The summed E-state index contributed by atoms with van der Waals surface area (Å²) in [6, 6.07) is 7.16. The first-order valence-electron chi connectivity index (χ1n) is 6.65. The van der Waals surface area contributed by atoms with Gasteiger partial charge in [0.1, 0.15) is 12.4 Å². The molecule has 1 heterocycles. The fourth-order valence-electron chi connectivity index (χ4n) is 2.14. The summed E-state index contributed by atoms with van der Waals surface area (Å²) in [5, 5.41) is 14.2. The average Bonchev–Trinajstić information content (AvgIpc) is 2.91. The molecule has 1 unspecified atom stereocenters. The summed E-state index contributed by atoms with van der Waals surface area (Å²) < 4.78 is 19.5. The number of aliphatic hydroxyl groups excluding tert-OH is 1. The van der Waals surface area contributed by atoms with E-state index in [2.05, 4.69) is 10.6 Å². The van der Waals surface area contributed by atoms with Crippen molar-refractivity contribution >= 4 is 18.3 Å². The zero-order chi connectivity index (χ0) is 14.4. The number of hydrogen-bond donors (Lipinski definition) is 3. The minimum atomic E-state index is -1.82. The third-order valence-electron chi connectivity index (χ3n) is 3.27. The first kappa shape index (κ1) is 17.7. The lowest BCUT2D eigenvalue weighted by atomic mass is 10.0. The van der Waals surface area contributed by atoms with E-state index in [0.29, 0.717) is 12.3 Å². The normalized spacial score (nSPS) is 20.7. The van der Waals surface area contributed by atoms with E-state index in [9.17, 15) is 9.18 Å². The molecular weight excluding hydrogens is 299 g/mol. The Morgan fingerprint density at radius 2 is 2.24 bits per heavy atom. The number of carbonyl (C=O) groups is 1. The van der Waals surface area contributed by atoms with Gasteiger partial charge in [-0.25, -0.2) is 4.39 Å². The molecule has 1 amide bonds. The molecule has 0 radical (unpaired) electrons. The molecule has 5 nitrogen and oxygen atoms in total. The Labute approximate surface area is 129 Å². The van der Waals surface area contributed by atoms with Crippen LogP contribution in [0.5, 0.6) is 5.75 Å². The number of hydrogen-bond acceptors (Lipinski definition) is 4. The Morgan fingerprint density at radius 1 is 1.48 bits per heavy atom. The molecule has 0 bridgehead atoms. The molecule has 1 saturated heterocycles. The molecule has 2 rings (SSSR count). The maximum absolute atomic E-state index is 14.2. The fourth-order valence-corrected chi connectivity index (χ4v) is 2.14. The number of alkyl halides is 1. The molecule has 0 aliphatic carbocycles. The Kier molecular flexibility index (Phi) is 6.87. The number of halogens is 2. The molecule has 0 spiro atoms. The highest BCUT2D eigenvalue weighted by atomic mass is 35.5. The highest BCUT2D eigenvalue weighted by Crippen LogP contribution is 2.21. The lowest BCUT2D eigenvalue weighted by Crippen LogP contribution is -2.44. The van der Waals surface area contributed by atoms with Crippen molar-refractivity contribution in [2.24, 2.45) is 0 Å². The van der Waals surface area contributed by atoms with Crippen molar-refractivity contribution in [3.8, 4) is 5.75 Å². The van der Waals surface area contributed by atoms with Crippen LogP contribution in [0.15, 0.2) is 24.3 Å². The molecule has 7 heteroatoms. The maximum Gasteiger partial charge on any atom is 0.259 e. The van der Waals surface area contributed by atoms with Crippen LogP contribution in [0.25, 0.3) is 0 Å². The minimum Gasteiger partial charge on any atom is -0.491 e. The predicted octanol–water partition coefficient (Wildman–Crippen LogP) is 0.797. The number of nitrogens with one attached hydrogen (secondary N) is 2. The molecule has 21 heavy (non-hydrogen) atoms. The van der Waals surface area contributed by atoms with Crippen molar-refractivity contribution in [2.45, 2.75) is 18.6 Å². The van der Waals surface area contributed by atoms with E-state index in [1.54, 1.807) is 18.2 Å². The van der Waals surface area contributed by atoms with Crippen LogP contribution < -0.4 is 15.4 Å². The second-order valence-corrected chi connectivity index (χ2v) is 4.75. The van der Waals surface area contributed by atoms with Gasteiger partial charge in [-0.1, -0.05) is 18.2 Å². The van der Waals surface area contributed by atoms with Gasteiger partial charge in [0.15, 0.2) is 0 Å². The number of ether oxygens (including phenoxy) is 1. The van der Waals surface area contributed by atoms with E-state index in [1.807, 2.05) is 6.07 Å². The molecule has 1 aromatic carbocycles. The van der Waals surface area contributed by atoms with Crippen LogP contribution in [-0.2, 0) is 11.3 Å². The first-order chi connectivity index (χ1) is 9.65. The minimum absolute atomic E-state index is 0. The molecule has 1 fully saturated rings. The quantitative estimate of drug-likeness (QED) is 0.725. The number of benzene rings is 1. The highest BCUT2D eigenvalue weighted by Gasteiger charge is 2.41. The summed E-state index contributed by atoms with van der Waals surface area (Å²) in [6.07, 6.45) is 0.196. The van der Waals surface area contributed by atoms with E-state index in [1.165, 1.54) is 0 Å². The van der Waals surface area contributed by atoms with Crippen LogP contribution in [0.3, 0.4) is 0 Å². The second-order valence-electron chi connectivity index (χ2n) is 4.75. The third-order valence-corrected chi connectivity index (χ3v) is 3.27. The highest BCUT2D eigenvalue weighted by molar-refractivity contribution is 5.86. The van der Waals surface area contributed by atoms with Gasteiger partial charge in [0, 0.05) is 25.1 Å². The molecule has 1 atom stereocenters. The standard InChI is InChI=1S/C14H19FN2O3.ClH/c15-14(5-6-16-10-14)13(19)17-9-11-3-1-2-4-12(11)20-8-7-18;/h1-4,16,18H,5-10H2,(H,17,19);1H. The van der Waals surface area contributed by atoms with Gasteiger partial charge in [-0.3, -0.25) is 4.79 Å². The van der Waals surface area contributed by atoms with Crippen molar-refractivity contribution in [3.63, 3.8) is 0 Å². The lowest BCUT2D eigenvalue weighted by molar-refractivity contribution is -0.131. The summed E-state index contributed by atoms with van der Waals surface area (Å²) in [5.41, 5.74) is -1.06. The number of para-hydroxylation sites is 1. The Balaban J connectivity index is 0.00000220. The van der Waals surface area contributed by atoms with E-state index >= 15 is 0 Å². The van der Waals surface area contributed by atoms with Gasteiger partial charge in [0.2, 0.25) is 5.67 Å². The van der Waals surface area contributed by atoms with Crippen molar-refractivity contribution in [1.29, 1.82) is 0 Å². The largest absolute Gasteiger partial charge is 0.491 e. The van der Waals surface area contributed by atoms with Gasteiger partial charge in [-0.2, -0.15) is 0 Å². The van der Waals surface area contributed by atoms with Crippen LogP contribution >= 0.6 is 12.4 Å². The SMILES string of the molecule is Cl.O=C(NCc1ccccc1OCCO)C1(F)CCNC1. The molecule has 118 valence electrons. The van der Waals surface area contributed by atoms with E-state index in [-0.39, 0.29) is 45.1 Å². The molecule has 3 N–H and O–H groups in total. The number of rotatable bonds is 6. The molecule has 0 aromatic heterocycles. The fraction of sp³-hybridized carbons (Fsp3) is 0.500. The van der Waals surface area contributed by atoms with Gasteiger partial charge in [-0.15, -0.1) is 12.4 Å². The number of aliphatic hydroxyl groups is 1. The average molecular weight is 319 g/mol. The molecular formula is C14H20ClFN2O3. The van der Waals surface area contributed by atoms with Crippen LogP contribution in [0.4, 0.5) is 4.39 Å². The Hall–Kier alpha value is -1.37. The van der Waals surface area contributed by atoms with Gasteiger partial charge in [0.25, 0.3) is 5.91 Å². The summed E-state index contributed by atoms with van der Waals surface area (Å²) in [7, 11) is 0. The van der Waals surface area contributed by atoms with Gasteiger partial charge >= 0.3 is 0 Å². The zero-order valence-electron chi connectivity index (χ0n) is 11.6. The van der Waals surface area contributed by atoms with Crippen molar-refractivity contribution in [3.05, 3.63) is 29.8 Å².